The number of methoxy groups -OCH3 is 1. The number of nitrogens with zero attached hydrogens (tertiary/aromatic N) is 5. The Bertz CT molecular complexity index is 941. The number of likely N-dealkylation sites (tertiary alicyclic amines) is 1. The van der Waals surface area contributed by atoms with Crippen molar-refractivity contribution in [3.8, 4) is 0 Å². The van der Waals surface area contributed by atoms with Gasteiger partial charge >= 0.3 is 0 Å². The summed E-state index contributed by atoms with van der Waals surface area (Å²) in [5.41, 5.74) is 3.10. The third-order valence-electron chi connectivity index (χ3n) is 5.49. The zero-order chi connectivity index (χ0) is 21.5. The van der Waals surface area contributed by atoms with E-state index in [2.05, 4.69) is 36.2 Å². The van der Waals surface area contributed by atoms with E-state index in [0.717, 1.165) is 61.7 Å². The predicted molar refractivity (Wildman–Crippen MR) is 117 cm³/mol. The van der Waals surface area contributed by atoms with Crippen LogP contribution in [0.4, 0.5) is 15.9 Å². The molecule has 0 aliphatic carbocycles. The Morgan fingerprint density at radius 1 is 1.00 bits per heavy atom. The molecular formula is C23H27FN6O. The fourth-order valence-corrected chi connectivity index (χ4v) is 3.75. The molecule has 0 spiro atoms. The van der Waals surface area contributed by atoms with Crippen LogP contribution in [0.15, 0.2) is 49.1 Å². The molecule has 8 heteroatoms. The molecule has 4 rings (SSSR count). The molecule has 7 nitrogen and oxygen atoms in total. The van der Waals surface area contributed by atoms with Crippen molar-refractivity contribution in [3.63, 3.8) is 0 Å². The highest BCUT2D eigenvalue weighted by Crippen LogP contribution is 2.28. The summed E-state index contributed by atoms with van der Waals surface area (Å²) in [5, 5.41) is 3.14. The Balaban J connectivity index is 1.26. The number of anilines is 2. The molecule has 1 N–H and O–H groups in total. The highest BCUT2D eigenvalue weighted by molar-refractivity contribution is 5.54. The number of aromatic nitrogens is 4. The summed E-state index contributed by atoms with van der Waals surface area (Å²) in [6.07, 6.45) is 9.75. The fraction of sp³-hybridized carbons (Fsp3) is 0.391. The van der Waals surface area contributed by atoms with Crippen LogP contribution in [-0.4, -0.2) is 51.6 Å². The van der Waals surface area contributed by atoms with Gasteiger partial charge < -0.3 is 10.1 Å². The van der Waals surface area contributed by atoms with E-state index in [1.807, 2.05) is 24.7 Å². The minimum Gasteiger partial charge on any atom is -0.384 e. The summed E-state index contributed by atoms with van der Waals surface area (Å²) in [6, 6.07) is 7.06. The molecular weight excluding hydrogens is 395 g/mol. The van der Waals surface area contributed by atoms with Crippen molar-refractivity contribution in [3.05, 3.63) is 72.0 Å². The van der Waals surface area contributed by atoms with Gasteiger partial charge in [0.15, 0.2) is 0 Å². The zero-order valence-electron chi connectivity index (χ0n) is 17.7. The highest BCUT2D eigenvalue weighted by Gasteiger charge is 2.21. The third-order valence-corrected chi connectivity index (χ3v) is 5.49. The topological polar surface area (TPSA) is 76.1 Å². The van der Waals surface area contributed by atoms with Gasteiger partial charge in [0.1, 0.15) is 17.5 Å². The van der Waals surface area contributed by atoms with Gasteiger partial charge in [0.25, 0.3) is 0 Å². The molecule has 1 saturated heterocycles. The summed E-state index contributed by atoms with van der Waals surface area (Å²) < 4.78 is 18.0. The minimum absolute atomic E-state index is 0.350. The third kappa shape index (κ3) is 6.02. The van der Waals surface area contributed by atoms with Gasteiger partial charge in [-0.25, -0.2) is 19.3 Å². The van der Waals surface area contributed by atoms with Gasteiger partial charge in [0.05, 0.1) is 24.7 Å². The molecule has 0 atom stereocenters. The van der Waals surface area contributed by atoms with Gasteiger partial charge in [-0.1, -0.05) is 0 Å². The average Bonchev–Trinajstić information content (AvgIpc) is 2.81. The smallest absolute Gasteiger partial charge is 0.141 e. The molecule has 1 fully saturated rings. The van der Waals surface area contributed by atoms with E-state index < -0.39 is 0 Å². The molecule has 162 valence electrons. The molecule has 0 bridgehead atoms. The first-order valence-electron chi connectivity index (χ1n) is 10.6. The number of ether oxygens (including phenoxy) is 1. The van der Waals surface area contributed by atoms with Crippen molar-refractivity contribution in [2.24, 2.45) is 0 Å². The Morgan fingerprint density at radius 3 is 2.45 bits per heavy atom. The first-order valence-corrected chi connectivity index (χ1v) is 10.6. The van der Waals surface area contributed by atoms with Crippen molar-refractivity contribution in [2.45, 2.75) is 31.7 Å². The molecule has 1 aliphatic rings. The molecule has 0 amide bonds. The molecule has 0 aromatic carbocycles. The fourth-order valence-electron chi connectivity index (χ4n) is 3.75. The van der Waals surface area contributed by atoms with Gasteiger partial charge in [-0.05, 0) is 50.2 Å². The summed E-state index contributed by atoms with van der Waals surface area (Å²) in [6.45, 7) is 3.56. The molecule has 4 heterocycles. The highest BCUT2D eigenvalue weighted by atomic mass is 19.1. The van der Waals surface area contributed by atoms with Gasteiger partial charge in [0.2, 0.25) is 0 Å². The van der Waals surface area contributed by atoms with Crippen LogP contribution in [0.25, 0.3) is 0 Å². The van der Waals surface area contributed by atoms with Gasteiger partial charge in [-0.2, -0.15) is 0 Å². The average molecular weight is 423 g/mol. The van der Waals surface area contributed by atoms with Gasteiger partial charge in [-0.3, -0.25) is 9.88 Å². The zero-order valence-corrected chi connectivity index (χ0v) is 17.7. The SMILES string of the molecule is COCCc1ncc(CN2CCC(c3ccc(Nc4ccc(F)cn4)cn3)CC2)cn1. The molecule has 0 radical (unpaired) electrons. The lowest BCUT2D eigenvalue weighted by atomic mass is 9.93. The molecule has 0 saturated carbocycles. The first-order chi connectivity index (χ1) is 15.2. The number of piperidine rings is 1. The van der Waals surface area contributed by atoms with E-state index in [0.29, 0.717) is 18.3 Å². The summed E-state index contributed by atoms with van der Waals surface area (Å²) in [5.74, 6) is 1.53. The first kappa shape index (κ1) is 21.3. The van der Waals surface area contributed by atoms with Crippen LogP contribution in [0.5, 0.6) is 0 Å². The Morgan fingerprint density at radius 2 is 1.81 bits per heavy atom. The molecule has 3 aromatic rings. The van der Waals surface area contributed by atoms with E-state index in [1.54, 1.807) is 13.2 Å². The van der Waals surface area contributed by atoms with Crippen LogP contribution in [0, 0.1) is 5.82 Å². The Labute approximate surface area is 181 Å². The normalized spacial score (nSPS) is 15.2. The predicted octanol–water partition coefficient (Wildman–Crippen LogP) is 3.72. The lowest BCUT2D eigenvalue weighted by Gasteiger charge is -2.31. The number of nitrogens with one attached hydrogen (secondary N) is 1. The van der Waals surface area contributed by atoms with Gasteiger partial charge in [0, 0.05) is 49.6 Å². The van der Waals surface area contributed by atoms with Crippen LogP contribution in [0.3, 0.4) is 0 Å². The maximum absolute atomic E-state index is 13.0. The second-order valence-electron chi connectivity index (χ2n) is 7.76. The van der Waals surface area contributed by atoms with Crippen LogP contribution in [0.1, 0.15) is 35.8 Å². The Hall–Kier alpha value is -2.97. The number of hydrogen-bond acceptors (Lipinski definition) is 7. The van der Waals surface area contributed by atoms with Crippen LogP contribution < -0.4 is 5.32 Å². The minimum atomic E-state index is -0.350. The number of hydrogen-bond donors (Lipinski definition) is 1. The van der Waals surface area contributed by atoms with Gasteiger partial charge in [-0.15, -0.1) is 0 Å². The van der Waals surface area contributed by atoms with Crippen LogP contribution >= 0.6 is 0 Å². The number of rotatable bonds is 8. The van der Waals surface area contributed by atoms with Crippen molar-refractivity contribution < 1.29 is 9.13 Å². The molecule has 1 aliphatic heterocycles. The molecule has 0 unspecified atom stereocenters. The largest absolute Gasteiger partial charge is 0.384 e. The standard InChI is InChI=1S/C23H27FN6O/c1-31-11-8-22-26-12-17(13-27-22)16-30-9-6-18(7-10-30)21-4-3-20(15-25-21)29-23-5-2-19(24)14-28-23/h2-5,12-15,18H,6-11,16H2,1H3,(H,28,29). The lowest BCUT2D eigenvalue weighted by Crippen LogP contribution is -2.32. The van der Waals surface area contributed by atoms with Crippen LogP contribution in [0.2, 0.25) is 0 Å². The Kier molecular flexibility index (Phi) is 7.11. The quantitative estimate of drug-likeness (QED) is 0.593. The molecule has 3 aromatic heterocycles. The number of pyridine rings is 2. The monoisotopic (exact) mass is 422 g/mol. The van der Waals surface area contributed by atoms with Crippen molar-refractivity contribution in [1.29, 1.82) is 0 Å². The van der Waals surface area contributed by atoms with E-state index in [1.165, 1.54) is 12.3 Å². The summed E-state index contributed by atoms with van der Waals surface area (Å²) in [4.78, 5) is 20.0. The van der Waals surface area contributed by atoms with E-state index >= 15 is 0 Å². The maximum Gasteiger partial charge on any atom is 0.141 e. The second kappa shape index (κ2) is 10.4. The van der Waals surface area contributed by atoms with Crippen molar-refractivity contribution >= 4 is 11.5 Å². The van der Waals surface area contributed by atoms with Crippen LogP contribution in [-0.2, 0) is 17.7 Å². The molecule has 31 heavy (non-hydrogen) atoms. The van der Waals surface area contributed by atoms with Crippen molar-refractivity contribution in [2.75, 3.05) is 32.1 Å². The van der Waals surface area contributed by atoms with E-state index in [-0.39, 0.29) is 5.82 Å². The van der Waals surface area contributed by atoms with E-state index in [9.17, 15) is 4.39 Å². The number of halogens is 1. The van der Waals surface area contributed by atoms with Crippen molar-refractivity contribution in [1.82, 2.24) is 24.8 Å². The van der Waals surface area contributed by atoms with E-state index in [4.69, 9.17) is 4.74 Å². The summed E-state index contributed by atoms with van der Waals surface area (Å²) >= 11 is 0. The maximum atomic E-state index is 13.0. The second-order valence-corrected chi connectivity index (χ2v) is 7.76. The summed E-state index contributed by atoms with van der Waals surface area (Å²) in [7, 11) is 1.68. The lowest BCUT2D eigenvalue weighted by molar-refractivity contribution is 0.199.